The lowest BCUT2D eigenvalue weighted by Gasteiger charge is -2.46. The molecule has 0 aliphatic carbocycles. The lowest BCUT2D eigenvalue weighted by atomic mass is 9.97. The molecule has 2 heterocycles. The van der Waals surface area contributed by atoms with Crippen LogP contribution in [-0.4, -0.2) is 73.4 Å². The van der Waals surface area contributed by atoms with Crippen LogP contribution in [0.2, 0.25) is 0 Å². The van der Waals surface area contributed by atoms with E-state index in [2.05, 4.69) is 42.8 Å². The van der Waals surface area contributed by atoms with Crippen LogP contribution in [0.1, 0.15) is 34.1 Å². The van der Waals surface area contributed by atoms with E-state index in [-0.39, 0.29) is 5.54 Å². The zero-order chi connectivity index (χ0) is 13.9. The van der Waals surface area contributed by atoms with Gasteiger partial charge in [-0.05, 0) is 26.8 Å². The minimum atomic E-state index is 0.227. The molecule has 2 saturated heterocycles. The summed E-state index contributed by atoms with van der Waals surface area (Å²) in [4.78, 5) is 5.14. The monoisotopic (exact) mass is 269 g/mol. The number of nitrogens with zero attached hydrogens (tertiary/aromatic N) is 2. The highest BCUT2D eigenvalue weighted by Gasteiger charge is 2.33. The molecule has 2 aliphatic heterocycles. The SMILES string of the molecule is CCC1CNC(C)(C)CN1CC1CN(CC)CCO1. The van der Waals surface area contributed by atoms with Crippen molar-refractivity contribution < 1.29 is 4.74 Å². The highest BCUT2D eigenvalue weighted by Crippen LogP contribution is 2.19. The quantitative estimate of drug-likeness (QED) is 0.829. The predicted molar refractivity (Wildman–Crippen MR) is 79.6 cm³/mol. The first-order chi connectivity index (χ1) is 9.04. The molecular weight excluding hydrogens is 238 g/mol. The summed E-state index contributed by atoms with van der Waals surface area (Å²) in [6.45, 7) is 16.7. The fraction of sp³-hybridized carbons (Fsp3) is 1.00. The molecule has 2 rings (SSSR count). The van der Waals surface area contributed by atoms with Crippen LogP contribution in [0, 0.1) is 0 Å². The topological polar surface area (TPSA) is 27.7 Å². The van der Waals surface area contributed by atoms with Crippen molar-refractivity contribution in [3.63, 3.8) is 0 Å². The molecule has 1 N–H and O–H groups in total. The van der Waals surface area contributed by atoms with Crippen LogP contribution in [0.25, 0.3) is 0 Å². The van der Waals surface area contributed by atoms with Crippen LogP contribution in [0.5, 0.6) is 0 Å². The lowest BCUT2D eigenvalue weighted by Crippen LogP contribution is -2.63. The third-order valence-electron chi connectivity index (χ3n) is 4.51. The smallest absolute Gasteiger partial charge is 0.0829 e. The molecule has 4 heteroatoms. The number of morpholine rings is 1. The Bertz CT molecular complexity index is 283. The molecule has 0 saturated carbocycles. The number of nitrogens with one attached hydrogen (secondary N) is 1. The zero-order valence-corrected chi connectivity index (χ0v) is 13.1. The number of ether oxygens (including phenoxy) is 1. The van der Waals surface area contributed by atoms with Crippen molar-refractivity contribution in [2.75, 3.05) is 45.9 Å². The molecule has 0 aromatic heterocycles. The number of rotatable bonds is 4. The molecule has 0 spiro atoms. The Hall–Kier alpha value is -0.160. The van der Waals surface area contributed by atoms with E-state index in [1.54, 1.807) is 0 Å². The second-order valence-corrected chi connectivity index (χ2v) is 6.64. The van der Waals surface area contributed by atoms with Gasteiger partial charge in [0.1, 0.15) is 0 Å². The average molecular weight is 269 g/mol. The van der Waals surface area contributed by atoms with E-state index in [0.29, 0.717) is 12.1 Å². The molecule has 4 nitrogen and oxygen atoms in total. The van der Waals surface area contributed by atoms with Crippen molar-refractivity contribution in [3.8, 4) is 0 Å². The summed E-state index contributed by atoms with van der Waals surface area (Å²) in [6, 6.07) is 0.661. The number of hydrogen-bond acceptors (Lipinski definition) is 4. The summed E-state index contributed by atoms with van der Waals surface area (Å²) in [5.74, 6) is 0. The largest absolute Gasteiger partial charge is 0.374 e. The van der Waals surface area contributed by atoms with Gasteiger partial charge < -0.3 is 10.1 Å². The van der Waals surface area contributed by atoms with Crippen LogP contribution in [0.3, 0.4) is 0 Å². The Morgan fingerprint density at radius 3 is 2.79 bits per heavy atom. The van der Waals surface area contributed by atoms with Gasteiger partial charge in [-0.25, -0.2) is 0 Å². The fourth-order valence-electron chi connectivity index (χ4n) is 3.27. The molecule has 112 valence electrons. The molecule has 0 radical (unpaired) electrons. The molecule has 0 aromatic carbocycles. The molecule has 0 aromatic rings. The molecule has 2 unspecified atom stereocenters. The summed E-state index contributed by atoms with van der Waals surface area (Å²) in [5, 5.41) is 3.65. The third-order valence-corrected chi connectivity index (χ3v) is 4.51. The maximum atomic E-state index is 5.97. The predicted octanol–water partition coefficient (Wildman–Crippen LogP) is 1.17. The van der Waals surface area contributed by atoms with E-state index in [0.717, 1.165) is 45.9 Å². The summed E-state index contributed by atoms with van der Waals surface area (Å²) in [5.41, 5.74) is 0.227. The second kappa shape index (κ2) is 6.53. The van der Waals surface area contributed by atoms with E-state index in [4.69, 9.17) is 4.74 Å². The van der Waals surface area contributed by atoms with Crippen molar-refractivity contribution in [1.82, 2.24) is 15.1 Å². The van der Waals surface area contributed by atoms with Crippen molar-refractivity contribution in [2.24, 2.45) is 0 Å². The van der Waals surface area contributed by atoms with Crippen LogP contribution < -0.4 is 5.32 Å². The van der Waals surface area contributed by atoms with Crippen LogP contribution >= 0.6 is 0 Å². The van der Waals surface area contributed by atoms with Crippen molar-refractivity contribution in [3.05, 3.63) is 0 Å². The van der Waals surface area contributed by atoms with Crippen molar-refractivity contribution in [2.45, 2.75) is 51.8 Å². The first-order valence-corrected chi connectivity index (χ1v) is 7.87. The minimum absolute atomic E-state index is 0.227. The molecule has 2 fully saturated rings. The molecule has 2 aliphatic rings. The first-order valence-electron chi connectivity index (χ1n) is 7.87. The van der Waals surface area contributed by atoms with Gasteiger partial charge in [-0.15, -0.1) is 0 Å². The van der Waals surface area contributed by atoms with Gasteiger partial charge in [0.2, 0.25) is 0 Å². The van der Waals surface area contributed by atoms with Crippen molar-refractivity contribution >= 4 is 0 Å². The van der Waals surface area contributed by atoms with Crippen LogP contribution in [0.15, 0.2) is 0 Å². The number of likely N-dealkylation sites (N-methyl/N-ethyl adjacent to an activating group) is 1. The van der Waals surface area contributed by atoms with E-state index in [1.807, 2.05) is 0 Å². The normalized spacial score (nSPS) is 33.5. The third kappa shape index (κ3) is 4.15. The van der Waals surface area contributed by atoms with Gasteiger partial charge in [-0.3, -0.25) is 9.80 Å². The Labute approximate surface area is 118 Å². The van der Waals surface area contributed by atoms with Crippen LogP contribution in [-0.2, 0) is 4.74 Å². The maximum absolute atomic E-state index is 5.97. The van der Waals surface area contributed by atoms with Gasteiger partial charge in [0.05, 0.1) is 12.7 Å². The van der Waals surface area contributed by atoms with Crippen molar-refractivity contribution in [1.29, 1.82) is 0 Å². The van der Waals surface area contributed by atoms with E-state index < -0.39 is 0 Å². The van der Waals surface area contributed by atoms with E-state index >= 15 is 0 Å². The van der Waals surface area contributed by atoms with Gasteiger partial charge in [0.25, 0.3) is 0 Å². The Kier molecular flexibility index (Phi) is 5.23. The van der Waals surface area contributed by atoms with Gasteiger partial charge in [0, 0.05) is 44.3 Å². The standard InChI is InChI=1S/C15H31N3O/c1-5-13-9-16-15(3,4)12-18(13)11-14-10-17(6-2)7-8-19-14/h13-14,16H,5-12H2,1-4H3. The van der Waals surface area contributed by atoms with E-state index in [1.165, 1.54) is 6.42 Å². The van der Waals surface area contributed by atoms with E-state index in [9.17, 15) is 0 Å². The Balaban J connectivity index is 1.91. The van der Waals surface area contributed by atoms with Gasteiger partial charge in [-0.1, -0.05) is 13.8 Å². The summed E-state index contributed by atoms with van der Waals surface area (Å²) in [7, 11) is 0. The fourth-order valence-corrected chi connectivity index (χ4v) is 3.27. The summed E-state index contributed by atoms with van der Waals surface area (Å²) >= 11 is 0. The molecule has 2 atom stereocenters. The molecule has 0 bridgehead atoms. The van der Waals surface area contributed by atoms with Gasteiger partial charge in [-0.2, -0.15) is 0 Å². The molecule has 19 heavy (non-hydrogen) atoms. The summed E-state index contributed by atoms with van der Waals surface area (Å²) in [6.07, 6.45) is 1.60. The van der Waals surface area contributed by atoms with Crippen LogP contribution in [0.4, 0.5) is 0 Å². The Morgan fingerprint density at radius 1 is 1.32 bits per heavy atom. The highest BCUT2D eigenvalue weighted by atomic mass is 16.5. The average Bonchev–Trinajstić information content (AvgIpc) is 2.38. The Morgan fingerprint density at radius 2 is 2.11 bits per heavy atom. The minimum Gasteiger partial charge on any atom is -0.374 e. The number of hydrogen-bond donors (Lipinski definition) is 1. The molecule has 0 amide bonds. The number of piperazine rings is 1. The lowest BCUT2D eigenvalue weighted by molar-refractivity contribution is -0.0555. The zero-order valence-electron chi connectivity index (χ0n) is 13.1. The first kappa shape index (κ1) is 15.2. The summed E-state index contributed by atoms with van der Waals surface area (Å²) < 4.78 is 5.97. The second-order valence-electron chi connectivity index (χ2n) is 6.64. The highest BCUT2D eigenvalue weighted by molar-refractivity contribution is 4.93. The molecular formula is C15H31N3O. The van der Waals surface area contributed by atoms with Gasteiger partial charge >= 0.3 is 0 Å². The maximum Gasteiger partial charge on any atom is 0.0829 e. The van der Waals surface area contributed by atoms with Gasteiger partial charge in [0.15, 0.2) is 0 Å².